The Bertz CT molecular complexity index is 1350. The van der Waals surface area contributed by atoms with Crippen LogP contribution in [0.4, 0.5) is 18.9 Å². The Morgan fingerprint density at radius 2 is 1.66 bits per heavy atom. The number of para-hydroxylation sites is 1. The van der Waals surface area contributed by atoms with Crippen LogP contribution in [0.3, 0.4) is 0 Å². The summed E-state index contributed by atoms with van der Waals surface area (Å²) in [5.74, 6) is -2.17. The molecule has 0 saturated carbocycles. The third-order valence-corrected chi connectivity index (χ3v) is 6.90. The van der Waals surface area contributed by atoms with Crippen LogP contribution >= 0.6 is 0 Å². The van der Waals surface area contributed by atoms with Crippen LogP contribution in [0.1, 0.15) is 50.2 Å². The van der Waals surface area contributed by atoms with E-state index in [1.54, 1.807) is 12.1 Å². The number of carbonyl (C=O) groups is 2. The summed E-state index contributed by atoms with van der Waals surface area (Å²) >= 11 is 0. The zero-order valence-corrected chi connectivity index (χ0v) is 21.4. The van der Waals surface area contributed by atoms with E-state index in [-0.39, 0.29) is 28.9 Å². The van der Waals surface area contributed by atoms with Crippen LogP contribution in [0.25, 0.3) is 0 Å². The second-order valence-corrected chi connectivity index (χ2v) is 9.59. The van der Waals surface area contributed by atoms with Crippen molar-refractivity contribution in [3.8, 4) is 11.5 Å². The molecule has 0 aliphatic carbocycles. The van der Waals surface area contributed by atoms with E-state index in [0.29, 0.717) is 18.4 Å². The zero-order valence-electron chi connectivity index (χ0n) is 21.4. The van der Waals surface area contributed by atoms with Crippen molar-refractivity contribution in [3.05, 3.63) is 88.5 Å². The van der Waals surface area contributed by atoms with E-state index < -0.39 is 23.5 Å². The Balaban J connectivity index is 1.77. The number of benzene rings is 3. The zero-order chi connectivity index (χ0) is 27.6. The average molecular weight is 527 g/mol. The molecule has 3 aromatic carbocycles. The largest absolute Gasteiger partial charge is 0.478 e. The highest BCUT2D eigenvalue weighted by atomic mass is 19.4. The Morgan fingerprint density at radius 3 is 2.29 bits per heavy atom. The van der Waals surface area contributed by atoms with Gasteiger partial charge in [0.1, 0.15) is 11.5 Å². The SMILES string of the molecule is Cc1ccc(C(=O)N(c2ccc(Oc3ccccc3C(F)(F)F)cc2C(=O)O)C2CCN(C)CC2)cc1C. The second-order valence-electron chi connectivity index (χ2n) is 9.59. The summed E-state index contributed by atoms with van der Waals surface area (Å²) in [7, 11) is 1.99. The maximum Gasteiger partial charge on any atom is 0.419 e. The Labute approximate surface area is 219 Å². The van der Waals surface area contributed by atoms with E-state index in [4.69, 9.17) is 4.74 Å². The van der Waals surface area contributed by atoms with Crippen molar-refractivity contribution in [2.24, 2.45) is 0 Å². The van der Waals surface area contributed by atoms with Gasteiger partial charge in [0.2, 0.25) is 0 Å². The van der Waals surface area contributed by atoms with Crippen molar-refractivity contribution in [1.82, 2.24) is 4.90 Å². The maximum atomic E-state index is 13.9. The second kappa shape index (κ2) is 10.9. The highest BCUT2D eigenvalue weighted by Gasteiger charge is 2.35. The monoisotopic (exact) mass is 526 g/mol. The van der Waals surface area contributed by atoms with Gasteiger partial charge in [-0.1, -0.05) is 18.2 Å². The van der Waals surface area contributed by atoms with Gasteiger partial charge in [0.25, 0.3) is 5.91 Å². The summed E-state index contributed by atoms with van der Waals surface area (Å²) in [6, 6.07) is 13.8. The first-order valence-electron chi connectivity index (χ1n) is 12.3. The number of amides is 1. The number of aryl methyl sites for hydroxylation is 2. The van der Waals surface area contributed by atoms with Crippen LogP contribution < -0.4 is 9.64 Å². The fourth-order valence-corrected chi connectivity index (χ4v) is 4.62. The first kappa shape index (κ1) is 27.2. The van der Waals surface area contributed by atoms with Gasteiger partial charge in [0.15, 0.2) is 0 Å². The minimum absolute atomic E-state index is 0.0789. The number of piperidine rings is 1. The lowest BCUT2D eigenvalue weighted by atomic mass is 9.98. The molecule has 0 spiro atoms. The smallest absolute Gasteiger partial charge is 0.419 e. The van der Waals surface area contributed by atoms with E-state index >= 15 is 0 Å². The molecule has 1 saturated heterocycles. The number of anilines is 1. The molecule has 6 nitrogen and oxygen atoms in total. The van der Waals surface area contributed by atoms with Gasteiger partial charge in [-0.15, -0.1) is 0 Å². The van der Waals surface area contributed by atoms with E-state index in [1.807, 2.05) is 27.0 Å². The number of ether oxygens (including phenoxy) is 1. The highest BCUT2D eigenvalue weighted by molar-refractivity contribution is 6.10. The molecule has 0 aromatic heterocycles. The molecule has 38 heavy (non-hydrogen) atoms. The highest BCUT2D eigenvalue weighted by Crippen LogP contribution is 2.39. The molecule has 3 aromatic rings. The molecular formula is C29H29F3N2O4. The lowest BCUT2D eigenvalue weighted by Gasteiger charge is -2.38. The molecule has 4 rings (SSSR count). The van der Waals surface area contributed by atoms with Gasteiger partial charge in [-0.05, 0) is 100 Å². The normalized spacial score (nSPS) is 14.8. The van der Waals surface area contributed by atoms with Crippen molar-refractivity contribution < 1.29 is 32.6 Å². The minimum atomic E-state index is -4.64. The molecule has 200 valence electrons. The van der Waals surface area contributed by atoms with Gasteiger partial charge >= 0.3 is 12.1 Å². The number of aromatic carboxylic acids is 1. The number of alkyl halides is 3. The first-order chi connectivity index (χ1) is 18.0. The lowest BCUT2D eigenvalue weighted by molar-refractivity contribution is -0.138. The molecule has 1 aliphatic heterocycles. The molecule has 0 bridgehead atoms. The molecule has 0 atom stereocenters. The van der Waals surface area contributed by atoms with Gasteiger partial charge in [-0.25, -0.2) is 4.79 Å². The van der Waals surface area contributed by atoms with Crippen LogP contribution in [0.5, 0.6) is 11.5 Å². The molecule has 0 radical (unpaired) electrons. The van der Waals surface area contributed by atoms with Gasteiger partial charge in [0, 0.05) is 11.6 Å². The van der Waals surface area contributed by atoms with E-state index in [0.717, 1.165) is 30.3 Å². The Morgan fingerprint density at radius 1 is 0.974 bits per heavy atom. The summed E-state index contributed by atoms with van der Waals surface area (Å²) in [6.45, 7) is 5.31. The molecule has 0 unspecified atom stereocenters. The number of carboxylic acids is 1. The van der Waals surface area contributed by atoms with Crippen LogP contribution in [0, 0.1) is 13.8 Å². The molecular weight excluding hydrogens is 497 g/mol. The first-order valence-corrected chi connectivity index (χ1v) is 12.3. The molecule has 1 heterocycles. The van der Waals surface area contributed by atoms with Crippen molar-refractivity contribution >= 4 is 17.6 Å². The number of hydrogen-bond acceptors (Lipinski definition) is 4. The van der Waals surface area contributed by atoms with E-state index in [2.05, 4.69) is 4.90 Å². The predicted molar refractivity (Wildman–Crippen MR) is 138 cm³/mol. The molecule has 1 amide bonds. The predicted octanol–water partition coefficient (Wildman–Crippen LogP) is 6.55. The van der Waals surface area contributed by atoms with E-state index in [9.17, 15) is 27.9 Å². The van der Waals surface area contributed by atoms with Crippen molar-refractivity contribution in [2.75, 3.05) is 25.0 Å². The number of carboxylic acid groups (broad SMARTS) is 1. The van der Waals surface area contributed by atoms with Crippen LogP contribution in [-0.2, 0) is 6.18 Å². The lowest BCUT2D eigenvalue weighted by Crippen LogP contribution is -2.47. The fraction of sp³-hybridized carbons (Fsp3) is 0.310. The van der Waals surface area contributed by atoms with Crippen LogP contribution in [0.15, 0.2) is 60.7 Å². The number of nitrogens with zero attached hydrogens (tertiary/aromatic N) is 2. The summed E-state index contributed by atoms with van der Waals surface area (Å²) < 4.78 is 45.8. The Kier molecular flexibility index (Phi) is 7.78. The van der Waals surface area contributed by atoms with Crippen LogP contribution in [0.2, 0.25) is 0 Å². The summed E-state index contributed by atoms with van der Waals surface area (Å²) in [5, 5.41) is 10.1. The van der Waals surface area contributed by atoms with Gasteiger partial charge in [-0.2, -0.15) is 13.2 Å². The number of hydrogen-bond donors (Lipinski definition) is 1. The fourth-order valence-electron chi connectivity index (χ4n) is 4.62. The topological polar surface area (TPSA) is 70.1 Å². The standard InChI is InChI=1S/C29H29F3N2O4/c1-18-8-9-20(16-19(18)2)27(35)34(21-12-14-33(3)15-13-21)25-11-10-22(17-23(25)28(36)37)38-26-7-5-4-6-24(26)29(30,31)32/h4-11,16-17,21H,12-15H2,1-3H3,(H,36,37). The van der Waals surface area contributed by atoms with Gasteiger partial charge in [-0.3, -0.25) is 4.79 Å². The Hall–Kier alpha value is -3.85. The molecule has 1 N–H and O–H groups in total. The summed E-state index contributed by atoms with van der Waals surface area (Å²) in [6.07, 6.45) is -3.36. The average Bonchev–Trinajstić information content (AvgIpc) is 2.87. The molecule has 1 fully saturated rings. The number of rotatable bonds is 6. The number of halogens is 3. The van der Waals surface area contributed by atoms with Crippen molar-refractivity contribution in [1.29, 1.82) is 0 Å². The van der Waals surface area contributed by atoms with Crippen molar-refractivity contribution in [2.45, 2.75) is 38.9 Å². The summed E-state index contributed by atoms with van der Waals surface area (Å²) in [4.78, 5) is 29.9. The minimum Gasteiger partial charge on any atom is -0.478 e. The quantitative estimate of drug-likeness (QED) is 0.394. The third-order valence-electron chi connectivity index (χ3n) is 6.90. The van der Waals surface area contributed by atoms with Gasteiger partial charge in [0.05, 0.1) is 16.8 Å². The van der Waals surface area contributed by atoms with Crippen LogP contribution in [-0.4, -0.2) is 48.1 Å². The third kappa shape index (κ3) is 5.83. The maximum absolute atomic E-state index is 13.9. The summed E-state index contributed by atoms with van der Waals surface area (Å²) in [5.41, 5.74) is 1.36. The molecule has 1 aliphatic rings. The number of carbonyl (C=O) groups excluding carboxylic acids is 1. The van der Waals surface area contributed by atoms with Crippen molar-refractivity contribution in [3.63, 3.8) is 0 Å². The van der Waals surface area contributed by atoms with E-state index in [1.165, 1.54) is 41.3 Å². The van der Waals surface area contributed by atoms with Gasteiger partial charge < -0.3 is 19.6 Å². The molecule has 9 heteroatoms. The number of likely N-dealkylation sites (tertiary alicyclic amines) is 1.